The molecular formula is C10H13BrN2O3S. The van der Waals surface area contributed by atoms with E-state index in [9.17, 15) is 8.42 Å². The number of hydrogen-bond donors (Lipinski definition) is 0. The van der Waals surface area contributed by atoms with Gasteiger partial charge in [0, 0.05) is 29.5 Å². The van der Waals surface area contributed by atoms with Crippen molar-refractivity contribution in [2.24, 2.45) is 0 Å². The molecule has 1 aliphatic heterocycles. The second-order valence-corrected chi connectivity index (χ2v) is 6.68. The lowest BCUT2D eigenvalue weighted by Crippen LogP contribution is -2.46. The number of sulfonamides is 1. The van der Waals surface area contributed by atoms with Gasteiger partial charge >= 0.3 is 0 Å². The van der Waals surface area contributed by atoms with Crippen molar-refractivity contribution in [3.05, 3.63) is 22.9 Å². The summed E-state index contributed by atoms with van der Waals surface area (Å²) in [6, 6.07) is 1.41. The van der Waals surface area contributed by atoms with E-state index in [4.69, 9.17) is 4.74 Å². The predicted molar refractivity (Wildman–Crippen MR) is 66.1 cm³/mol. The lowest BCUT2D eigenvalue weighted by molar-refractivity contribution is 0.0392. The van der Waals surface area contributed by atoms with Crippen LogP contribution in [0.3, 0.4) is 0 Å². The monoisotopic (exact) mass is 320 g/mol. The summed E-state index contributed by atoms with van der Waals surface area (Å²) in [5.74, 6) is 0. The Labute approximate surface area is 109 Å². The van der Waals surface area contributed by atoms with Crippen LogP contribution in [0.25, 0.3) is 0 Å². The van der Waals surface area contributed by atoms with Crippen molar-refractivity contribution in [2.75, 3.05) is 19.8 Å². The van der Waals surface area contributed by atoms with E-state index >= 15 is 0 Å². The van der Waals surface area contributed by atoms with Crippen LogP contribution in [-0.2, 0) is 14.8 Å². The van der Waals surface area contributed by atoms with Gasteiger partial charge in [-0.05, 0) is 28.9 Å². The Kier molecular flexibility index (Phi) is 3.82. The summed E-state index contributed by atoms with van der Waals surface area (Å²) in [5.41, 5.74) is 0. The van der Waals surface area contributed by atoms with Crippen LogP contribution in [0.5, 0.6) is 0 Å². The van der Waals surface area contributed by atoms with Crippen molar-refractivity contribution in [1.29, 1.82) is 0 Å². The molecule has 1 atom stereocenters. The average Bonchev–Trinajstić information content (AvgIpc) is 2.29. The summed E-state index contributed by atoms with van der Waals surface area (Å²) in [6.45, 7) is 3.09. The minimum Gasteiger partial charge on any atom is -0.378 e. The standard InChI is InChI=1S/C10H13BrN2O3S/c1-8-7-16-3-2-13(8)17(14,15)10-4-9(11)5-12-6-10/h4-6,8H,2-3,7H2,1H3. The van der Waals surface area contributed by atoms with Gasteiger partial charge in [-0.25, -0.2) is 8.42 Å². The molecule has 0 radical (unpaired) electrons. The lowest BCUT2D eigenvalue weighted by Gasteiger charge is -2.32. The van der Waals surface area contributed by atoms with Crippen molar-refractivity contribution in [3.63, 3.8) is 0 Å². The van der Waals surface area contributed by atoms with Gasteiger partial charge in [-0.15, -0.1) is 0 Å². The van der Waals surface area contributed by atoms with Gasteiger partial charge in [0.2, 0.25) is 10.0 Å². The van der Waals surface area contributed by atoms with Gasteiger partial charge in [-0.3, -0.25) is 4.98 Å². The van der Waals surface area contributed by atoms with Crippen molar-refractivity contribution >= 4 is 26.0 Å². The molecular weight excluding hydrogens is 308 g/mol. The van der Waals surface area contributed by atoms with Gasteiger partial charge < -0.3 is 4.74 Å². The summed E-state index contributed by atoms with van der Waals surface area (Å²) in [7, 11) is -3.47. The van der Waals surface area contributed by atoms with Crippen LogP contribution in [0.2, 0.25) is 0 Å². The average molecular weight is 321 g/mol. The molecule has 0 N–H and O–H groups in total. The number of nitrogens with zero attached hydrogens (tertiary/aromatic N) is 2. The van der Waals surface area contributed by atoms with E-state index in [1.165, 1.54) is 10.5 Å². The quantitative estimate of drug-likeness (QED) is 0.823. The van der Waals surface area contributed by atoms with E-state index in [0.717, 1.165) is 0 Å². The number of morpholine rings is 1. The first-order valence-electron chi connectivity index (χ1n) is 5.22. The molecule has 1 aromatic rings. The number of rotatable bonds is 2. The minimum absolute atomic E-state index is 0.146. The van der Waals surface area contributed by atoms with Crippen LogP contribution in [-0.4, -0.2) is 43.5 Å². The molecule has 1 aliphatic rings. The zero-order valence-electron chi connectivity index (χ0n) is 9.34. The maximum atomic E-state index is 12.4. The third-order valence-corrected chi connectivity index (χ3v) is 5.01. The number of pyridine rings is 1. The minimum atomic E-state index is -3.47. The number of ether oxygens (including phenoxy) is 1. The molecule has 0 spiro atoms. The van der Waals surface area contributed by atoms with E-state index in [1.807, 2.05) is 6.92 Å². The molecule has 0 bridgehead atoms. The van der Waals surface area contributed by atoms with Crippen LogP contribution in [0, 0.1) is 0 Å². The Morgan fingerprint density at radius 1 is 1.53 bits per heavy atom. The first kappa shape index (κ1) is 12.9. The summed E-state index contributed by atoms with van der Waals surface area (Å²) in [5, 5.41) is 0. The molecule has 17 heavy (non-hydrogen) atoms. The third-order valence-electron chi connectivity index (χ3n) is 2.59. The molecule has 0 aliphatic carbocycles. The van der Waals surface area contributed by atoms with Crippen LogP contribution >= 0.6 is 15.9 Å². The highest BCUT2D eigenvalue weighted by Gasteiger charge is 2.31. The van der Waals surface area contributed by atoms with Crippen LogP contribution < -0.4 is 0 Å². The third kappa shape index (κ3) is 2.67. The Balaban J connectivity index is 2.35. The van der Waals surface area contributed by atoms with E-state index in [-0.39, 0.29) is 10.9 Å². The summed E-state index contributed by atoms with van der Waals surface area (Å²) >= 11 is 3.22. The van der Waals surface area contributed by atoms with E-state index < -0.39 is 10.0 Å². The number of hydrogen-bond acceptors (Lipinski definition) is 4. The van der Waals surface area contributed by atoms with Crippen molar-refractivity contribution in [2.45, 2.75) is 17.9 Å². The maximum absolute atomic E-state index is 12.4. The van der Waals surface area contributed by atoms with Crippen LogP contribution in [0.15, 0.2) is 27.8 Å². The zero-order chi connectivity index (χ0) is 12.5. The lowest BCUT2D eigenvalue weighted by atomic mass is 10.3. The molecule has 2 rings (SSSR count). The fraction of sp³-hybridized carbons (Fsp3) is 0.500. The number of halogens is 1. The van der Waals surface area contributed by atoms with Gasteiger partial charge in [-0.2, -0.15) is 4.31 Å². The van der Waals surface area contributed by atoms with Crippen molar-refractivity contribution in [1.82, 2.24) is 9.29 Å². The zero-order valence-corrected chi connectivity index (χ0v) is 11.7. The summed E-state index contributed by atoms with van der Waals surface area (Å²) < 4.78 is 32.1. The van der Waals surface area contributed by atoms with Gasteiger partial charge in [0.05, 0.1) is 13.2 Å². The van der Waals surface area contributed by atoms with Gasteiger partial charge in [0.25, 0.3) is 0 Å². The molecule has 94 valence electrons. The van der Waals surface area contributed by atoms with E-state index in [0.29, 0.717) is 24.2 Å². The normalized spacial score (nSPS) is 22.6. The summed E-state index contributed by atoms with van der Waals surface area (Å²) in [4.78, 5) is 4.10. The molecule has 0 aromatic carbocycles. The summed E-state index contributed by atoms with van der Waals surface area (Å²) in [6.07, 6.45) is 2.92. The van der Waals surface area contributed by atoms with Crippen molar-refractivity contribution in [3.8, 4) is 0 Å². The highest BCUT2D eigenvalue weighted by atomic mass is 79.9. The Morgan fingerprint density at radius 3 is 2.94 bits per heavy atom. The van der Waals surface area contributed by atoms with Gasteiger partial charge in [0.15, 0.2) is 0 Å². The molecule has 1 saturated heterocycles. The van der Waals surface area contributed by atoms with Gasteiger partial charge in [0.1, 0.15) is 4.90 Å². The van der Waals surface area contributed by atoms with Crippen LogP contribution in [0.4, 0.5) is 0 Å². The Morgan fingerprint density at radius 2 is 2.29 bits per heavy atom. The Hall–Kier alpha value is -0.500. The van der Waals surface area contributed by atoms with E-state index in [1.54, 1.807) is 12.3 Å². The molecule has 1 aromatic heterocycles. The molecule has 7 heteroatoms. The predicted octanol–water partition coefficient (Wildman–Crippen LogP) is 1.25. The first-order chi connectivity index (χ1) is 8.01. The smallest absolute Gasteiger partial charge is 0.245 e. The molecule has 1 fully saturated rings. The van der Waals surface area contributed by atoms with Gasteiger partial charge in [-0.1, -0.05) is 0 Å². The second kappa shape index (κ2) is 5.01. The largest absolute Gasteiger partial charge is 0.378 e. The first-order valence-corrected chi connectivity index (χ1v) is 7.45. The Bertz CT molecular complexity index is 506. The maximum Gasteiger partial charge on any atom is 0.245 e. The van der Waals surface area contributed by atoms with Crippen LogP contribution in [0.1, 0.15) is 6.92 Å². The molecule has 5 nitrogen and oxygen atoms in total. The SMILES string of the molecule is CC1COCCN1S(=O)(=O)c1cncc(Br)c1. The molecule has 2 heterocycles. The molecule has 0 amide bonds. The molecule has 1 unspecified atom stereocenters. The number of aromatic nitrogens is 1. The van der Waals surface area contributed by atoms with Crippen molar-refractivity contribution < 1.29 is 13.2 Å². The second-order valence-electron chi connectivity index (χ2n) is 3.88. The van der Waals surface area contributed by atoms with E-state index in [2.05, 4.69) is 20.9 Å². The highest BCUT2D eigenvalue weighted by Crippen LogP contribution is 2.21. The molecule has 0 saturated carbocycles. The fourth-order valence-electron chi connectivity index (χ4n) is 1.74. The fourth-order valence-corrected chi connectivity index (χ4v) is 3.84. The topological polar surface area (TPSA) is 59.5 Å². The highest BCUT2D eigenvalue weighted by molar-refractivity contribution is 9.10.